The molecule has 4 heteroatoms. The van der Waals surface area contributed by atoms with Crippen molar-refractivity contribution in [1.29, 1.82) is 5.26 Å². The molecule has 0 heterocycles. The number of hydrogen-bond acceptors (Lipinski definition) is 3. The van der Waals surface area contributed by atoms with Crippen LogP contribution < -0.4 is 5.73 Å². The molecular formula is C10H9FN2O. The molecular weight excluding hydrogens is 183 g/mol. The van der Waals surface area contributed by atoms with Crippen molar-refractivity contribution in [3.63, 3.8) is 0 Å². The molecule has 0 bridgehead atoms. The summed E-state index contributed by atoms with van der Waals surface area (Å²) in [6.07, 6.45) is 0. The van der Waals surface area contributed by atoms with E-state index in [4.69, 9.17) is 11.0 Å². The Labute approximate surface area is 81.0 Å². The quantitative estimate of drug-likeness (QED) is 0.767. The van der Waals surface area contributed by atoms with Gasteiger partial charge in [-0.25, -0.2) is 4.39 Å². The van der Waals surface area contributed by atoms with Gasteiger partial charge in [-0.05, 0) is 24.6 Å². The molecule has 0 spiro atoms. The van der Waals surface area contributed by atoms with E-state index in [1.807, 2.05) is 0 Å². The van der Waals surface area contributed by atoms with E-state index in [2.05, 4.69) is 0 Å². The Morgan fingerprint density at radius 3 is 2.71 bits per heavy atom. The highest BCUT2D eigenvalue weighted by atomic mass is 19.1. The van der Waals surface area contributed by atoms with Crippen LogP contribution in [0, 0.1) is 17.1 Å². The topological polar surface area (TPSA) is 66.9 Å². The van der Waals surface area contributed by atoms with Gasteiger partial charge in [-0.2, -0.15) is 5.26 Å². The highest BCUT2D eigenvalue weighted by molar-refractivity contribution is 5.82. The van der Waals surface area contributed by atoms with E-state index >= 15 is 0 Å². The van der Waals surface area contributed by atoms with Crippen molar-refractivity contribution in [1.82, 2.24) is 0 Å². The van der Waals surface area contributed by atoms with Gasteiger partial charge in [0.2, 0.25) is 0 Å². The zero-order valence-electron chi connectivity index (χ0n) is 7.62. The van der Waals surface area contributed by atoms with Crippen molar-refractivity contribution in [2.45, 2.75) is 13.0 Å². The summed E-state index contributed by atoms with van der Waals surface area (Å²) in [7, 11) is 0. The van der Waals surface area contributed by atoms with E-state index in [9.17, 15) is 9.18 Å². The predicted molar refractivity (Wildman–Crippen MR) is 48.7 cm³/mol. The number of Topliss-reactive ketones (excluding diaryl/α,β-unsaturated/α-hetero) is 1. The molecule has 2 N–H and O–H groups in total. The van der Waals surface area contributed by atoms with Crippen LogP contribution in [-0.2, 0) is 4.79 Å². The molecule has 0 aliphatic rings. The van der Waals surface area contributed by atoms with Gasteiger partial charge in [-0.1, -0.05) is 6.07 Å². The van der Waals surface area contributed by atoms with Gasteiger partial charge in [-0.15, -0.1) is 0 Å². The Morgan fingerprint density at radius 2 is 2.29 bits per heavy atom. The SMILES string of the molecule is CC(=O)C(N)c1ccc(C#N)c(F)c1. The fraction of sp³-hybridized carbons (Fsp3) is 0.200. The smallest absolute Gasteiger partial charge is 0.150 e. The summed E-state index contributed by atoms with van der Waals surface area (Å²) >= 11 is 0. The zero-order chi connectivity index (χ0) is 10.7. The number of carbonyl (C=O) groups is 1. The number of benzene rings is 1. The summed E-state index contributed by atoms with van der Waals surface area (Å²) in [5.74, 6) is -0.893. The van der Waals surface area contributed by atoms with Crippen molar-refractivity contribution >= 4 is 5.78 Å². The van der Waals surface area contributed by atoms with E-state index in [1.165, 1.54) is 19.1 Å². The number of nitriles is 1. The number of carbonyl (C=O) groups excluding carboxylic acids is 1. The van der Waals surface area contributed by atoms with Crippen LogP contribution in [-0.4, -0.2) is 5.78 Å². The van der Waals surface area contributed by atoms with Gasteiger partial charge in [0.15, 0.2) is 5.78 Å². The van der Waals surface area contributed by atoms with Gasteiger partial charge >= 0.3 is 0 Å². The molecule has 1 rings (SSSR count). The number of rotatable bonds is 2. The Morgan fingerprint density at radius 1 is 1.64 bits per heavy atom. The molecule has 1 aromatic carbocycles. The lowest BCUT2D eigenvalue weighted by molar-refractivity contribution is -0.118. The maximum Gasteiger partial charge on any atom is 0.150 e. The average Bonchev–Trinajstić information content (AvgIpc) is 2.16. The van der Waals surface area contributed by atoms with Gasteiger partial charge in [0.1, 0.15) is 11.9 Å². The van der Waals surface area contributed by atoms with Crippen LogP contribution in [0.25, 0.3) is 0 Å². The first-order valence-electron chi connectivity index (χ1n) is 4.02. The van der Waals surface area contributed by atoms with Gasteiger partial charge < -0.3 is 5.73 Å². The monoisotopic (exact) mass is 192 g/mol. The van der Waals surface area contributed by atoms with E-state index < -0.39 is 11.9 Å². The van der Waals surface area contributed by atoms with Gasteiger partial charge in [0.05, 0.1) is 11.6 Å². The molecule has 0 saturated carbocycles. The molecule has 14 heavy (non-hydrogen) atoms. The second-order valence-corrected chi connectivity index (χ2v) is 2.94. The van der Waals surface area contributed by atoms with E-state index in [-0.39, 0.29) is 11.3 Å². The van der Waals surface area contributed by atoms with Crippen LogP contribution in [0.3, 0.4) is 0 Å². The maximum atomic E-state index is 13.1. The van der Waals surface area contributed by atoms with Crippen molar-refractivity contribution in [3.8, 4) is 6.07 Å². The summed E-state index contributed by atoms with van der Waals surface area (Å²) < 4.78 is 13.1. The molecule has 0 aliphatic heterocycles. The van der Waals surface area contributed by atoms with Crippen molar-refractivity contribution in [3.05, 3.63) is 35.1 Å². The molecule has 0 aliphatic carbocycles. The Bertz CT molecular complexity index is 409. The third kappa shape index (κ3) is 1.95. The summed E-state index contributed by atoms with van der Waals surface area (Å²) in [5, 5.41) is 8.47. The lowest BCUT2D eigenvalue weighted by Crippen LogP contribution is -2.18. The van der Waals surface area contributed by atoms with Crippen molar-refractivity contribution < 1.29 is 9.18 Å². The number of ketones is 1. The van der Waals surface area contributed by atoms with Crippen LogP contribution in [0.5, 0.6) is 0 Å². The fourth-order valence-electron chi connectivity index (χ4n) is 1.05. The lowest BCUT2D eigenvalue weighted by atomic mass is 10.0. The number of nitrogens with zero attached hydrogens (tertiary/aromatic N) is 1. The second kappa shape index (κ2) is 3.99. The molecule has 0 fully saturated rings. The first-order chi connectivity index (χ1) is 6.56. The maximum absolute atomic E-state index is 13.1. The zero-order valence-corrected chi connectivity index (χ0v) is 7.62. The van der Waals surface area contributed by atoms with Crippen molar-refractivity contribution in [2.75, 3.05) is 0 Å². The molecule has 1 aromatic rings. The minimum Gasteiger partial charge on any atom is -0.318 e. The van der Waals surface area contributed by atoms with Crippen molar-refractivity contribution in [2.24, 2.45) is 5.73 Å². The normalized spacial score (nSPS) is 11.9. The van der Waals surface area contributed by atoms with Crippen LogP contribution in [0.4, 0.5) is 4.39 Å². The highest BCUT2D eigenvalue weighted by Crippen LogP contribution is 2.15. The van der Waals surface area contributed by atoms with Crippen LogP contribution in [0.2, 0.25) is 0 Å². The Balaban J connectivity index is 3.10. The van der Waals surface area contributed by atoms with E-state index in [0.717, 1.165) is 6.07 Å². The summed E-state index contributed by atoms with van der Waals surface area (Å²) in [6.45, 7) is 1.33. The van der Waals surface area contributed by atoms with E-state index in [1.54, 1.807) is 6.07 Å². The molecule has 3 nitrogen and oxygen atoms in total. The molecule has 72 valence electrons. The van der Waals surface area contributed by atoms with E-state index in [0.29, 0.717) is 5.56 Å². The second-order valence-electron chi connectivity index (χ2n) is 2.94. The van der Waals surface area contributed by atoms with Gasteiger partial charge in [0, 0.05) is 0 Å². The Hall–Kier alpha value is -1.73. The lowest BCUT2D eigenvalue weighted by Gasteiger charge is -2.07. The van der Waals surface area contributed by atoms with Gasteiger partial charge in [0.25, 0.3) is 0 Å². The first kappa shape index (κ1) is 10.4. The molecule has 0 amide bonds. The first-order valence-corrected chi connectivity index (χ1v) is 4.02. The van der Waals surface area contributed by atoms with Crippen LogP contribution in [0.1, 0.15) is 24.1 Å². The largest absolute Gasteiger partial charge is 0.318 e. The molecule has 1 atom stereocenters. The molecule has 0 saturated heterocycles. The minimum atomic E-state index is -0.822. The minimum absolute atomic E-state index is 0.0514. The van der Waals surface area contributed by atoms with Gasteiger partial charge in [-0.3, -0.25) is 4.79 Å². The number of nitrogens with two attached hydrogens (primary N) is 1. The average molecular weight is 192 g/mol. The third-order valence-corrected chi connectivity index (χ3v) is 1.91. The molecule has 1 unspecified atom stereocenters. The fourth-order valence-corrected chi connectivity index (χ4v) is 1.05. The number of halogens is 1. The summed E-state index contributed by atoms with van der Waals surface area (Å²) in [5.41, 5.74) is 5.83. The standard InChI is InChI=1S/C10H9FN2O/c1-6(14)10(13)7-2-3-8(5-12)9(11)4-7/h2-4,10H,13H2,1H3. The Kier molecular flexibility index (Phi) is 2.95. The predicted octanol–water partition coefficient (Wildman–Crippen LogP) is 1.29. The third-order valence-electron chi connectivity index (χ3n) is 1.91. The van der Waals surface area contributed by atoms with Crippen LogP contribution >= 0.6 is 0 Å². The summed E-state index contributed by atoms with van der Waals surface area (Å²) in [4.78, 5) is 10.9. The summed E-state index contributed by atoms with van der Waals surface area (Å²) in [6, 6.07) is 4.78. The molecule has 0 aromatic heterocycles. The molecule has 0 radical (unpaired) electrons. The highest BCUT2D eigenvalue weighted by Gasteiger charge is 2.12. The number of hydrogen-bond donors (Lipinski definition) is 1. The van der Waals surface area contributed by atoms with Crippen LogP contribution in [0.15, 0.2) is 18.2 Å².